The van der Waals surface area contributed by atoms with Crippen LogP contribution in [-0.4, -0.2) is 59.5 Å². The highest BCUT2D eigenvalue weighted by Crippen LogP contribution is 2.62. The minimum absolute atomic E-state index is 0.439. The highest BCUT2D eigenvalue weighted by molar-refractivity contribution is 5.95. The molecule has 19 rings (SSSR count). The predicted molar refractivity (Wildman–Crippen MR) is 350 cm³/mol. The van der Waals surface area contributed by atoms with Gasteiger partial charge in [-0.2, -0.15) is 0 Å². The first-order valence-electron chi connectivity index (χ1n) is 34.1. The largest absolute Gasteiger partial charge is 0.491 e. The Morgan fingerprint density at radius 1 is 0.241 bits per heavy atom. The summed E-state index contributed by atoms with van der Waals surface area (Å²) in [6.45, 7) is 6.40. The van der Waals surface area contributed by atoms with Gasteiger partial charge >= 0.3 is 0 Å². The van der Waals surface area contributed by atoms with Crippen LogP contribution in [0, 0.1) is 69.5 Å². The van der Waals surface area contributed by atoms with Crippen molar-refractivity contribution < 1.29 is 28.4 Å². The molecule has 0 N–H and O–H groups in total. The summed E-state index contributed by atoms with van der Waals surface area (Å²) < 4.78 is 37.7. The highest BCUT2D eigenvalue weighted by atomic mass is 16.5. The smallest absolute Gasteiger partial charge is 0.119 e. The second-order valence-electron chi connectivity index (χ2n) is 30.0. The Morgan fingerprint density at radius 3 is 0.713 bits per heavy atom. The van der Waals surface area contributed by atoms with E-state index in [2.05, 4.69) is 164 Å². The molecule has 6 nitrogen and oxygen atoms in total. The van der Waals surface area contributed by atoms with E-state index in [0.717, 1.165) is 90.3 Å². The van der Waals surface area contributed by atoms with E-state index < -0.39 is 0 Å². The van der Waals surface area contributed by atoms with Crippen molar-refractivity contribution in [3.05, 3.63) is 164 Å². The molecule has 12 saturated carbocycles. The Labute approximate surface area is 518 Å². The average molecular weight is 1160 g/mol. The van der Waals surface area contributed by atoms with Gasteiger partial charge in [-0.3, -0.25) is 0 Å². The standard InChI is InChI=1S/C81H90O6/c1-2-76(70-10-4-64(5-11-70)67-16-22-73(23-17-67)85-31-28-82-52-79-43-55-34-56(44-79)36-57(35-55)45-79)78(72-14-8-66(9-15-72)69-20-26-75(27-21-69)87-33-30-84-54-81-49-61-40-62(50-81)42-63(41-61)51-81)77(3-1)71-12-6-65(7-13-71)68-18-24-74(25-19-68)86-32-29-83-53-80-46-58-37-59(47-80)39-60(38-58)48-80/h1-27,55-63H,28-54H2. The lowest BCUT2D eigenvalue weighted by Crippen LogP contribution is -2.48. The van der Waals surface area contributed by atoms with E-state index in [4.69, 9.17) is 28.4 Å². The van der Waals surface area contributed by atoms with Crippen LogP contribution in [0.2, 0.25) is 0 Å². The quantitative estimate of drug-likeness (QED) is 0.0562. The third-order valence-electron chi connectivity index (χ3n) is 23.4. The molecular formula is C81H90O6. The lowest BCUT2D eigenvalue weighted by atomic mass is 9.50. The van der Waals surface area contributed by atoms with Crippen LogP contribution < -0.4 is 14.2 Å². The molecule has 12 aliphatic rings. The van der Waals surface area contributed by atoms with Crippen molar-refractivity contribution in [3.8, 4) is 84.0 Å². The molecule has 0 aromatic heterocycles. The summed E-state index contributed by atoms with van der Waals surface area (Å²) in [5.74, 6) is 11.2. The van der Waals surface area contributed by atoms with Crippen LogP contribution in [0.5, 0.6) is 17.2 Å². The Hall–Kier alpha value is -6.18. The lowest BCUT2D eigenvalue weighted by Gasteiger charge is -2.56. The fraction of sp³-hybridized carbons (Fsp3) is 0.481. The van der Waals surface area contributed by atoms with Crippen molar-refractivity contribution in [1.82, 2.24) is 0 Å². The van der Waals surface area contributed by atoms with Gasteiger partial charge in [0.05, 0.1) is 39.6 Å². The van der Waals surface area contributed by atoms with Gasteiger partial charge in [0.2, 0.25) is 0 Å². The molecule has 87 heavy (non-hydrogen) atoms. The molecule has 450 valence electrons. The van der Waals surface area contributed by atoms with Gasteiger partial charge in [0.15, 0.2) is 0 Å². The van der Waals surface area contributed by atoms with Crippen molar-refractivity contribution in [2.75, 3.05) is 59.5 Å². The summed E-state index contributed by atoms with van der Waals surface area (Å²) in [5.41, 5.74) is 15.5. The summed E-state index contributed by atoms with van der Waals surface area (Å²) in [5, 5.41) is 0. The maximum Gasteiger partial charge on any atom is 0.119 e. The van der Waals surface area contributed by atoms with Crippen LogP contribution in [-0.2, 0) is 14.2 Å². The molecule has 7 aromatic rings. The van der Waals surface area contributed by atoms with Crippen LogP contribution in [0.25, 0.3) is 66.8 Å². The SMILES string of the molecule is c1cc(-c2ccc(-c3ccc(OCCOCC45CC6CC(CC(C6)C4)C5)cc3)cc2)c(-c2ccc(-c3ccc(OCCOCC45CC6CC(CC(C6)C4)C5)cc3)cc2)c(-c2ccc(-c3ccc(OCCOCC45CC6CC(CC(C6)C4)C5)cc3)cc2)c1. The third kappa shape index (κ3) is 12.1. The Kier molecular flexibility index (Phi) is 15.5. The second-order valence-corrected chi connectivity index (χ2v) is 30.0. The van der Waals surface area contributed by atoms with Gasteiger partial charge in [-0.05, 0) is 288 Å². The van der Waals surface area contributed by atoms with Crippen LogP contribution >= 0.6 is 0 Å². The second kappa shape index (κ2) is 24.0. The Balaban J connectivity index is 0.581. The first-order chi connectivity index (χ1) is 42.8. The molecule has 12 aliphatic carbocycles. The summed E-state index contributed by atoms with van der Waals surface area (Å²) in [7, 11) is 0. The summed E-state index contributed by atoms with van der Waals surface area (Å²) in [4.78, 5) is 0. The van der Waals surface area contributed by atoms with Gasteiger partial charge in [0, 0.05) is 0 Å². The minimum Gasteiger partial charge on any atom is -0.491 e. The highest BCUT2D eigenvalue weighted by Gasteiger charge is 2.53. The van der Waals surface area contributed by atoms with Crippen LogP contribution in [0.15, 0.2) is 164 Å². The molecule has 6 heteroatoms. The van der Waals surface area contributed by atoms with Crippen molar-refractivity contribution in [1.29, 1.82) is 0 Å². The Morgan fingerprint density at radius 2 is 0.460 bits per heavy atom. The van der Waals surface area contributed by atoms with Crippen molar-refractivity contribution in [3.63, 3.8) is 0 Å². The number of hydrogen-bond donors (Lipinski definition) is 0. The van der Waals surface area contributed by atoms with Gasteiger partial charge < -0.3 is 28.4 Å². The molecule has 0 radical (unpaired) electrons. The monoisotopic (exact) mass is 1160 g/mol. The van der Waals surface area contributed by atoms with E-state index in [-0.39, 0.29) is 0 Å². The van der Waals surface area contributed by atoms with Gasteiger partial charge in [0.25, 0.3) is 0 Å². The van der Waals surface area contributed by atoms with Crippen molar-refractivity contribution in [2.45, 2.75) is 116 Å². The number of rotatable bonds is 24. The average Bonchev–Trinajstić information content (AvgIpc) is 1.35. The zero-order valence-corrected chi connectivity index (χ0v) is 51.3. The number of benzene rings is 7. The van der Waals surface area contributed by atoms with E-state index in [1.54, 1.807) is 0 Å². The molecule has 0 saturated heterocycles. The number of ether oxygens (including phenoxy) is 6. The molecule has 12 bridgehead atoms. The molecule has 0 aliphatic heterocycles. The third-order valence-corrected chi connectivity index (χ3v) is 23.4. The van der Waals surface area contributed by atoms with E-state index >= 15 is 0 Å². The fourth-order valence-electron chi connectivity index (χ4n) is 21.0. The van der Waals surface area contributed by atoms with Gasteiger partial charge in [-0.15, -0.1) is 0 Å². The predicted octanol–water partition coefficient (Wildman–Crippen LogP) is 19.5. The molecule has 0 spiro atoms. The molecule has 0 heterocycles. The minimum atomic E-state index is 0.439. The maximum absolute atomic E-state index is 6.34. The van der Waals surface area contributed by atoms with Gasteiger partial charge in [-0.25, -0.2) is 0 Å². The first kappa shape index (κ1) is 56.1. The van der Waals surface area contributed by atoms with Gasteiger partial charge in [0.1, 0.15) is 37.1 Å². The molecule has 0 atom stereocenters. The Bertz CT molecular complexity index is 3210. The normalized spacial score (nSPS) is 30.3. The zero-order chi connectivity index (χ0) is 57.8. The van der Waals surface area contributed by atoms with E-state index in [1.165, 1.54) is 182 Å². The topological polar surface area (TPSA) is 55.4 Å². The van der Waals surface area contributed by atoms with Crippen molar-refractivity contribution in [2.24, 2.45) is 69.5 Å². The van der Waals surface area contributed by atoms with E-state index in [9.17, 15) is 0 Å². The number of hydrogen-bond acceptors (Lipinski definition) is 6. The summed E-state index contributed by atoms with van der Waals surface area (Å²) in [6, 6.07) is 59.8. The molecular weight excluding hydrogens is 1070 g/mol. The van der Waals surface area contributed by atoms with Crippen LogP contribution in [0.4, 0.5) is 0 Å². The fourth-order valence-corrected chi connectivity index (χ4v) is 21.0. The van der Waals surface area contributed by atoms with Gasteiger partial charge in [-0.1, -0.05) is 127 Å². The summed E-state index contributed by atoms with van der Waals surface area (Å²) >= 11 is 0. The molecule has 7 aromatic carbocycles. The van der Waals surface area contributed by atoms with E-state index in [1.807, 2.05) is 0 Å². The van der Waals surface area contributed by atoms with Crippen molar-refractivity contribution >= 4 is 0 Å². The van der Waals surface area contributed by atoms with Crippen LogP contribution in [0.1, 0.15) is 116 Å². The molecule has 0 amide bonds. The molecule has 12 fully saturated rings. The zero-order valence-electron chi connectivity index (χ0n) is 51.3. The maximum atomic E-state index is 6.34. The molecule has 0 unspecified atom stereocenters. The van der Waals surface area contributed by atoms with E-state index in [0.29, 0.717) is 55.9 Å². The summed E-state index contributed by atoms with van der Waals surface area (Å²) in [6.07, 6.45) is 25.7. The van der Waals surface area contributed by atoms with Crippen LogP contribution in [0.3, 0.4) is 0 Å². The lowest BCUT2D eigenvalue weighted by molar-refractivity contribution is -0.0984. The first-order valence-corrected chi connectivity index (χ1v) is 34.1.